The maximum atomic E-state index is 14.8. The van der Waals surface area contributed by atoms with E-state index < -0.39 is 262 Å². The Kier molecular flexibility index (Phi) is 35.3. The van der Waals surface area contributed by atoms with Gasteiger partial charge in [-0.05, 0) is 62.8 Å². The fourth-order valence-electron chi connectivity index (χ4n) is 10.5. The summed E-state index contributed by atoms with van der Waals surface area (Å²) in [6.07, 6.45) is -8.39. The molecule has 4 rings (SSSR count). The van der Waals surface area contributed by atoms with E-state index in [9.17, 15) is 121 Å². The van der Waals surface area contributed by atoms with Gasteiger partial charge in [-0.2, -0.15) is 0 Å². The molecule has 0 bridgehead atoms. The number of aliphatic hydroxyl groups excluding tert-OH is 1. The smallest absolute Gasteiger partial charge is 0.407 e. The molecule has 1 aromatic heterocycles. The van der Waals surface area contributed by atoms with Crippen LogP contribution in [-0.4, -0.2) is 254 Å². The van der Waals surface area contributed by atoms with Crippen molar-refractivity contribution in [1.29, 1.82) is 0 Å². The number of ether oxygens (including phenoxy) is 2. The van der Waals surface area contributed by atoms with Gasteiger partial charge in [-0.1, -0.05) is 49.9 Å². The summed E-state index contributed by atoms with van der Waals surface area (Å²) >= 11 is 0. The molecule has 0 radical (unpaired) electrons. The normalized spacial score (nSPS) is 21.5. The van der Waals surface area contributed by atoms with Crippen molar-refractivity contribution in [2.45, 2.75) is 151 Å². The van der Waals surface area contributed by atoms with Crippen LogP contribution in [-0.2, 0) is 102 Å². The van der Waals surface area contributed by atoms with Gasteiger partial charge in [0, 0.05) is 41.3 Å². The molecular weight excluding hydrogens is 1460 g/mol. The molecule has 25 N–H and O–H groups in total. The second-order valence-corrected chi connectivity index (χ2v) is 24.9. The molecule has 2 heterocycles. The first-order chi connectivity index (χ1) is 51.8. The number of nitrogens with two attached hydrogens (primary N) is 3. The zero-order valence-electron chi connectivity index (χ0n) is 59.3. The fraction of sp³-hybridized carbons (Fsp3) is 0.455. The van der Waals surface area contributed by atoms with E-state index in [-0.39, 0.29) is 37.2 Å². The molecule has 0 spiro atoms. The minimum atomic E-state index is -2.46. The lowest BCUT2D eigenvalue weighted by atomic mass is 9.96. The number of carboxylic acid groups (broad SMARTS) is 4. The SMILES string of the molecule is C=CCOC(=O)NCCC[C@@H]1NC(=O)CNC(=O)[C@@H](NC(=O)[C@H](CC(=O)O)NC(=O)[C@@H](CC(N)=O)NC(=O)[C@@H](N)Cc2c[nH]c3ccccc23)[C@@H](C)OC(=O)[C@H](CC(=O)c2ccccc2N)NC(=O)[C@H](C(C)CC(=O)O)NC(=O)[C@@H](CO)NC(=O)CNC(=O)[C@H](CC(=O)O)NC(=O)[C@@H](C)NC(=O)[C@H](CC(=O)O)NC1=O. The first-order valence-electron chi connectivity index (χ1n) is 33.6. The van der Waals surface area contributed by atoms with Crippen LogP contribution in [0.4, 0.5) is 10.5 Å². The molecule has 1 unspecified atom stereocenters. The molecule has 14 amide bonds. The van der Waals surface area contributed by atoms with Crippen molar-refractivity contribution in [2.75, 3.05) is 38.6 Å². The number of alkyl carbamates (subject to hydrolysis) is 1. The van der Waals surface area contributed by atoms with Crippen LogP contribution in [0.5, 0.6) is 0 Å². The van der Waals surface area contributed by atoms with E-state index in [0.29, 0.717) is 16.5 Å². The Bertz CT molecular complexity index is 3980. The molecule has 3 aromatic rings. The zero-order valence-corrected chi connectivity index (χ0v) is 59.3. The first-order valence-corrected chi connectivity index (χ1v) is 33.6. The fourth-order valence-corrected chi connectivity index (χ4v) is 10.5. The number of rotatable bonds is 29. The number of ketones is 1. The van der Waals surface area contributed by atoms with E-state index in [0.717, 1.165) is 20.8 Å². The number of carboxylic acids is 4. The highest BCUT2D eigenvalue weighted by Crippen LogP contribution is 2.21. The number of nitrogens with one attached hydrogen (secondary N) is 14. The molecule has 598 valence electrons. The molecule has 2 aromatic carbocycles. The Balaban J connectivity index is 1.90. The second kappa shape index (κ2) is 43.5. The van der Waals surface area contributed by atoms with E-state index >= 15 is 0 Å². The van der Waals surface area contributed by atoms with Crippen LogP contribution in [0.1, 0.15) is 88.1 Å². The first kappa shape index (κ1) is 89.2. The van der Waals surface area contributed by atoms with Crippen LogP contribution in [0, 0.1) is 5.92 Å². The third kappa shape index (κ3) is 29.3. The largest absolute Gasteiger partial charge is 0.481 e. The predicted molar refractivity (Wildman–Crippen MR) is 374 cm³/mol. The average molecular weight is 1550 g/mol. The number of carbonyl (C=O) groups is 20. The summed E-state index contributed by atoms with van der Waals surface area (Å²) in [6.45, 7) is 1.93. The maximum Gasteiger partial charge on any atom is 0.407 e. The number of nitrogen functional groups attached to an aromatic ring is 1. The Morgan fingerprint density at radius 2 is 1.18 bits per heavy atom. The van der Waals surface area contributed by atoms with Gasteiger partial charge in [0.2, 0.25) is 76.8 Å². The van der Waals surface area contributed by atoms with E-state index in [1.165, 1.54) is 30.3 Å². The lowest BCUT2D eigenvalue weighted by Gasteiger charge is -2.30. The summed E-state index contributed by atoms with van der Waals surface area (Å²) in [6, 6.07) is -10.8. The number of para-hydroxylation sites is 2. The van der Waals surface area contributed by atoms with Gasteiger partial charge in [0.1, 0.15) is 73.1 Å². The highest BCUT2D eigenvalue weighted by molar-refractivity contribution is 6.05. The van der Waals surface area contributed by atoms with Gasteiger partial charge in [-0.3, -0.25) is 86.3 Å². The number of fused-ring (bicyclic) bond motifs is 1. The quantitative estimate of drug-likeness (QED) is 0.0101. The number of amides is 14. The molecule has 1 aliphatic heterocycles. The van der Waals surface area contributed by atoms with Crippen LogP contribution < -0.4 is 86.3 Å². The predicted octanol–water partition coefficient (Wildman–Crippen LogP) is -7.97. The number of hydrogen-bond acceptors (Lipinski definition) is 25. The lowest BCUT2D eigenvalue weighted by molar-refractivity contribution is -0.156. The van der Waals surface area contributed by atoms with Crippen molar-refractivity contribution < 1.29 is 131 Å². The molecule has 13 atom stereocenters. The lowest BCUT2D eigenvalue weighted by Crippen LogP contribution is -2.61. The summed E-state index contributed by atoms with van der Waals surface area (Å²) in [5, 5.41) is 77.8. The monoisotopic (exact) mass is 1550 g/mol. The molecule has 110 heavy (non-hydrogen) atoms. The van der Waals surface area contributed by atoms with E-state index in [1.54, 1.807) is 30.5 Å². The molecule has 0 saturated carbocycles. The summed E-state index contributed by atoms with van der Waals surface area (Å²) in [5.74, 6) is -29.5. The number of aliphatic hydroxyl groups is 1. The van der Waals surface area contributed by atoms with E-state index in [1.807, 2.05) is 21.3 Å². The van der Waals surface area contributed by atoms with Gasteiger partial charge < -0.3 is 126 Å². The molecule has 1 saturated heterocycles. The van der Waals surface area contributed by atoms with Crippen molar-refractivity contribution in [3.8, 4) is 0 Å². The molecule has 1 aliphatic rings. The van der Waals surface area contributed by atoms with Crippen LogP contribution in [0.2, 0.25) is 0 Å². The number of carbonyl (C=O) groups excluding carboxylic acids is 16. The summed E-state index contributed by atoms with van der Waals surface area (Å²) in [5.41, 5.74) is 18.5. The molecule has 44 heteroatoms. The molecule has 1 fully saturated rings. The number of aliphatic carboxylic acids is 4. The Morgan fingerprint density at radius 1 is 0.627 bits per heavy atom. The van der Waals surface area contributed by atoms with Crippen molar-refractivity contribution in [1.82, 2.24) is 74.1 Å². The minimum Gasteiger partial charge on any atom is -0.481 e. The summed E-state index contributed by atoms with van der Waals surface area (Å²) in [4.78, 5) is 273. The van der Waals surface area contributed by atoms with Crippen molar-refractivity contribution in [3.05, 3.63) is 78.5 Å². The number of Topliss-reactive ketones (excluding diaryl/α,β-unsaturated/α-hetero) is 1. The minimum absolute atomic E-state index is 0.156. The summed E-state index contributed by atoms with van der Waals surface area (Å²) in [7, 11) is 0. The van der Waals surface area contributed by atoms with Gasteiger partial charge >= 0.3 is 35.9 Å². The highest BCUT2D eigenvalue weighted by atomic mass is 16.6. The van der Waals surface area contributed by atoms with Gasteiger partial charge in [0.05, 0.1) is 57.8 Å². The standard InChI is InChI=1S/C66H87N17O27/c1-5-17-109-66(108)70-16-10-15-38-58(100)79-41(23-51(93)94)59(101)74-30(3)55(97)77-40(22-50(91)92)57(99)72-26-48(88)76-44(28-84)62(104)82-53(29(2)18-49(89)90)64(106)81-43(20-45(85)34-12-6-8-13-35(34)67)65(107)110-31(4)54(63(105)73-27-47(87)75-38)83-61(103)42(24-52(95)96)80-60(102)39(21-46(69)86)78-56(98)36(68)19-32-25-71-37-14-9-7-11-33(32)37/h5-9,11-14,25,29-31,36,38-44,53-54,71,84H,1,10,15-24,26-28,67-68H2,2-4H3,(H2,69,86)(H,70,108)(H,72,99)(H,73,105)(H,74,101)(H,75,87)(H,76,88)(H,77,97)(H,78,98)(H,79,100)(H,80,102)(H,81,106)(H,82,104)(H,83,103)(H,89,90)(H,91,92)(H,93,94)(H,95,96)/t29?,30-,31-,36+,38+,39-,40+,41+,42+,43+,44-,53+,54+/m1/s1. The zero-order chi connectivity index (χ0) is 82.2. The topological polar surface area (TPSA) is 711 Å². The van der Waals surface area contributed by atoms with Crippen molar-refractivity contribution in [2.24, 2.45) is 17.4 Å². The van der Waals surface area contributed by atoms with E-state index in [4.69, 9.17) is 26.7 Å². The van der Waals surface area contributed by atoms with Gasteiger partial charge in [0.15, 0.2) is 5.78 Å². The van der Waals surface area contributed by atoms with Gasteiger partial charge in [0.25, 0.3) is 0 Å². The maximum absolute atomic E-state index is 14.8. The molecule has 44 nitrogen and oxygen atoms in total. The summed E-state index contributed by atoms with van der Waals surface area (Å²) < 4.78 is 10.5. The third-order valence-electron chi connectivity index (χ3n) is 16.1. The number of aromatic amines is 1. The Hall–Kier alpha value is -13.2. The van der Waals surface area contributed by atoms with Crippen LogP contribution in [0.15, 0.2) is 67.4 Å². The Labute approximate surface area is 623 Å². The van der Waals surface area contributed by atoms with E-state index in [2.05, 4.69) is 59.4 Å². The average Bonchev–Trinajstić information content (AvgIpc) is 1.60. The number of hydrogen-bond donors (Lipinski definition) is 22. The highest BCUT2D eigenvalue weighted by Gasteiger charge is 2.41. The number of anilines is 1. The van der Waals surface area contributed by atoms with Crippen LogP contribution in [0.3, 0.4) is 0 Å². The number of cyclic esters (lactones) is 1. The van der Waals surface area contributed by atoms with Crippen molar-refractivity contribution in [3.63, 3.8) is 0 Å². The third-order valence-corrected chi connectivity index (χ3v) is 16.1. The number of aromatic nitrogens is 1. The molecule has 0 aliphatic carbocycles. The van der Waals surface area contributed by atoms with Gasteiger partial charge in [-0.25, -0.2) is 9.59 Å². The van der Waals surface area contributed by atoms with Gasteiger partial charge in [-0.15, -0.1) is 0 Å². The van der Waals surface area contributed by atoms with Crippen LogP contribution in [0.25, 0.3) is 10.9 Å². The van der Waals surface area contributed by atoms with Crippen molar-refractivity contribution >= 4 is 135 Å². The second-order valence-electron chi connectivity index (χ2n) is 24.9. The number of H-pyrrole nitrogens is 1. The molecular formula is C66H87N17O27. The van der Waals surface area contributed by atoms with Crippen LogP contribution >= 0.6 is 0 Å². The Morgan fingerprint density at radius 3 is 1.79 bits per heavy atom. The number of benzene rings is 2. The number of primary amides is 1. The number of esters is 1.